The molecular weight excluding hydrogens is 534 g/mol. The third kappa shape index (κ3) is 7.61. The lowest BCUT2D eigenvalue weighted by Crippen LogP contribution is -2.29. The van der Waals surface area contributed by atoms with Gasteiger partial charge in [-0.25, -0.2) is 8.42 Å². The SMILES string of the molecule is Cc1ccccc1CN(c1ccc(C(=O)Nc2cccc(NC(=O)c3ccc(C(C)(C)C)cc3)c2)cc1)S(C)(=O)=O. The van der Waals surface area contributed by atoms with Gasteiger partial charge in [0, 0.05) is 22.5 Å². The second-order valence-corrected chi connectivity index (χ2v) is 13.0. The van der Waals surface area contributed by atoms with Gasteiger partial charge in [-0.2, -0.15) is 0 Å². The van der Waals surface area contributed by atoms with Crippen molar-refractivity contribution in [3.8, 4) is 0 Å². The summed E-state index contributed by atoms with van der Waals surface area (Å²) in [5, 5.41) is 5.71. The first-order chi connectivity index (χ1) is 19.3. The molecule has 0 aromatic heterocycles. The highest BCUT2D eigenvalue weighted by Crippen LogP contribution is 2.25. The molecule has 0 saturated carbocycles. The van der Waals surface area contributed by atoms with Crippen molar-refractivity contribution in [2.45, 2.75) is 39.7 Å². The van der Waals surface area contributed by atoms with Crippen molar-refractivity contribution in [1.29, 1.82) is 0 Å². The Bertz CT molecular complexity index is 1660. The van der Waals surface area contributed by atoms with Gasteiger partial charge < -0.3 is 10.6 Å². The van der Waals surface area contributed by atoms with Crippen LogP contribution in [0.3, 0.4) is 0 Å². The van der Waals surface area contributed by atoms with Crippen LogP contribution in [-0.4, -0.2) is 26.5 Å². The van der Waals surface area contributed by atoms with Crippen molar-refractivity contribution < 1.29 is 18.0 Å². The van der Waals surface area contributed by atoms with E-state index in [4.69, 9.17) is 0 Å². The van der Waals surface area contributed by atoms with Crippen molar-refractivity contribution >= 4 is 38.9 Å². The number of aryl methyl sites for hydroxylation is 1. The van der Waals surface area contributed by atoms with E-state index >= 15 is 0 Å². The largest absolute Gasteiger partial charge is 0.322 e. The smallest absolute Gasteiger partial charge is 0.255 e. The summed E-state index contributed by atoms with van der Waals surface area (Å²) in [6.07, 6.45) is 1.17. The quantitative estimate of drug-likeness (QED) is 0.245. The highest BCUT2D eigenvalue weighted by Gasteiger charge is 2.19. The van der Waals surface area contributed by atoms with Gasteiger partial charge in [0.2, 0.25) is 10.0 Å². The van der Waals surface area contributed by atoms with Crippen molar-refractivity contribution in [3.05, 3.63) is 125 Å². The number of anilines is 3. The lowest BCUT2D eigenvalue weighted by atomic mass is 9.87. The number of nitrogens with zero attached hydrogens (tertiary/aromatic N) is 1. The van der Waals surface area contributed by atoms with Gasteiger partial charge in [-0.15, -0.1) is 0 Å². The minimum absolute atomic E-state index is 0.00373. The number of sulfonamides is 1. The molecule has 0 aliphatic rings. The molecule has 0 spiro atoms. The van der Waals surface area contributed by atoms with Gasteiger partial charge in [-0.1, -0.05) is 63.2 Å². The van der Waals surface area contributed by atoms with E-state index in [9.17, 15) is 18.0 Å². The zero-order valence-electron chi connectivity index (χ0n) is 23.9. The molecule has 212 valence electrons. The molecule has 7 nitrogen and oxygen atoms in total. The topological polar surface area (TPSA) is 95.6 Å². The fourth-order valence-corrected chi connectivity index (χ4v) is 5.20. The van der Waals surface area contributed by atoms with Gasteiger partial charge in [0.05, 0.1) is 18.5 Å². The van der Waals surface area contributed by atoms with Gasteiger partial charge in [0.15, 0.2) is 0 Å². The standard InChI is InChI=1S/C33H35N3O4S/c1-23-9-6-7-10-26(23)22-36(41(5,39)40)30-19-15-25(16-20-30)32(38)35-29-12-8-11-28(21-29)34-31(37)24-13-17-27(18-14-24)33(2,3)4/h6-21H,22H2,1-5H3,(H,34,37)(H,35,38). The van der Waals surface area contributed by atoms with Crippen LogP contribution in [0.1, 0.15) is 58.2 Å². The molecular formula is C33H35N3O4S. The molecule has 2 N–H and O–H groups in total. The Balaban J connectivity index is 1.44. The van der Waals surface area contributed by atoms with Crippen LogP contribution < -0.4 is 14.9 Å². The molecule has 0 bridgehead atoms. The predicted octanol–water partition coefficient (Wildman–Crippen LogP) is 6.76. The van der Waals surface area contributed by atoms with Crippen LogP contribution in [0.25, 0.3) is 0 Å². The highest BCUT2D eigenvalue weighted by molar-refractivity contribution is 7.92. The number of nitrogens with one attached hydrogen (secondary N) is 2. The summed E-state index contributed by atoms with van der Waals surface area (Å²) in [6.45, 7) is 8.48. The fraction of sp³-hybridized carbons (Fsp3) is 0.212. The molecule has 4 aromatic carbocycles. The fourth-order valence-electron chi connectivity index (χ4n) is 4.32. The van der Waals surface area contributed by atoms with Crippen LogP contribution >= 0.6 is 0 Å². The average Bonchev–Trinajstić information content (AvgIpc) is 2.92. The van der Waals surface area contributed by atoms with E-state index in [1.807, 2.05) is 43.3 Å². The molecule has 0 radical (unpaired) electrons. The molecule has 0 aliphatic heterocycles. The zero-order chi connectivity index (χ0) is 29.8. The normalized spacial score (nSPS) is 11.5. The van der Waals surface area contributed by atoms with E-state index in [1.54, 1.807) is 60.7 Å². The van der Waals surface area contributed by atoms with Crippen LogP contribution in [0.2, 0.25) is 0 Å². The number of carbonyl (C=O) groups is 2. The summed E-state index contributed by atoms with van der Waals surface area (Å²) in [4.78, 5) is 25.7. The molecule has 2 amide bonds. The van der Waals surface area contributed by atoms with Crippen LogP contribution in [0.15, 0.2) is 97.1 Å². The Morgan fingerprint density at radius 1 is 0.732 bits per heavy atom. The van der Waals surface area contributed by atoms with Crippen molar-refractivity contribution in [1.82, 2.24) is 0 Å². The molecule has 0 unspecified atom stereocenters. The van der Waals surface area contributed by atoms with Crippen LogP contribution in [0.5, 0.6) is 0 Å². The number of amides is 2. The molecule has 8 heteroatoms. The molecule has 0 saturated heterocycles. The Morgan fingerprint density at radius 2 is 1.24 bits per heavy atom. The number of hydrogen-bond acceptors (Lipinski definition) is 4. The van der Waals surface area contributed by atoms with Crippen LogP contribution in [0, 0.1) is 6.92 Å². The molecule has 41 heavy (non-hydrogen) atoms. The Hall–Kier alpha value is -4.43. The first kappa shape index (κ1) is 29.6. The van der Waals surface area contributed by atoms with Crippen LogP contribution in [-0.2, 0) is 22.0 Å². The maximum atomic E-state index is 13.0. The van der Waals surface area contributed by atoms with E-state index in [0.717, 1.165) is 16.7 Å². The molecule has 0 fully saturated rings. The lowest BCUT2D eigenvalue weighted by molar-refractivity contribution is 0.101. The van der Waals surface area contributed by atoms with Crippen LogP contribution in [0.4, 0.5) is 17.1 Å². The van der Waals surface area contributed by atoms with Crippen molar-refractivity contribution in [3.63, 3.8) is 0 Å². The van der Waals surface area contributed by atoms with Crippen molar-refractivity contribution in [2.75, 3.05) is 21.2 Å². The predicted molar refractivity (Wildman–Crippen MR) is 166 cm³/mol. The third-order valence-electron chi connectivity index (χ3n) is 6.78. The van der Waals surface area contributed by atoms with E-state index in [0.29, 0.717) is 28.2 Å². The first-order valence-corrected chi connectivity index (χ1v) is 15.1. The summed E-state index contributed by atoms with van der Waals surface area (Å²) in [7, 11) is -3.56. The number of carbonyl (C=O) groups excluding carboxylic acids is 2. The molecule has 4 aromatic rings. The maximum Gasteiger partial charge on any atom is 0.255 e. The zero-order valence-corrected chi connectivity index (χ0v) is 24.7. The summed E-state index contributed by atoms with van der Waals surface area (Å²) in [5.41, 5.74) is 5.46. The second kappa shape index (κ2) is 12.0. The Morgan fingerprint density at radius 3 is 1.73 bits per heavy atom. The van der Waals surface area contributed by atoms with Crippen molar-refractivity contribution in [2.24, 2.45) is 0 Å². The minimum atomic E-state index is -3.56. The van der Waals surface area contributed by atoms with E-state index < -0.39 is 10.0 Å². The number of benzene rings is 4. The van der Waals surface area contributed by atoms with Gasteiger partial charge in [-0.05, 0) is 83.6 Å². The molecule has 0 heterocycles. The summed E-state index contributed by atoms with van der Waals surface area (Å²) in [5.74, 6) is -0.603. The van der Waals surface area contributed by atoms with Gasteiger partial charge in [0.1, 0.15) is 0 Å². The monoisotopic (exact) mass is 569 g/mol. The highest BCUT2D eigenvalue weighted by atomic mass is 32.2. The molecule has 4 rings (SSSR count). The average molecular weight is 570 g/mol. The maximum absolute atomic E-state index is 13.0. The lowest BCUT2D eigenvalue weighted by Gasteiger charge is -2.23. The third-order valence-corrected chi connectivity index (χ3v) is 7.93. The number of rotatable bonds is 8. The summed E-state index contributed by atoms with van der Waals surface area (Å²) < 4.78 is 26.5. The Kier molecular flexibility index (Phi) is 8.63. The van der Waals surface area contributed by atoms with Gasteiger partial charge in [0.25, 0.3) is 11.8 Å². The minimum Gasteiger partial charge on any atom is -0.322 e. The summed E-state index contributed by atoms with van der Waals surface area (Å²) in [6, 6.07) is 28.5. The number of hydrogen-bond donors (Lipinski definition) is 2. The van der Waals surface area contributed by atoms with E-state index in [1.165, 1.54) is 10.6 Å². The van der Waals surface area contributed by atoms with E-state index in [-0.39, 0.29) is 23.8 Å². The molecule has 0 atom stereocenters. The second-order valence-electron chi connectivity index (χ2n) is 11.1. The Labute approximate surface area is 242 Å². The van der Waals surface area contributed by atoms with Gasteiger partial charge >= 0.3 is 0 Å². The summed E-state index contributed by atoms with van der Waals surface area (Å²) >= 11 is 0. The van der Waals surface area contributed by atoms with E-state index in [2.05, 4.69) is 31.4 Å². The van der Waals surface area contributed by atoms with Gasteiger partial charge in [-0.3, -0.25) is 13.9 Å². The first-order valence-electron chi connectivity index (χ1n) is 13.3. The molecule has 0 aliphatic carbocycles.